The maximum Gasteiger partial charge on any atom is 0.336 e. The second-order valence-corrected chi connectivity index (χ2v) is 1.65. The molecule has 0 aliphatic carbocycles. The van der Waals surface area contributed by atoms with Crippen molar-refractivity contribution in [1.29, 1.82) is 0 Å². The van der Waals surface area contributed by atoms with E-state index in [9.17, 15) is 14.4 Å². The van der Waals surface area contributed by atoms with E-state index in [0.29, 0.717) is 6.29 Å². The van der Waals surface area contributed by atoms with Crippen LogP contribution in [0.1, 0.15) is 6.92 Å². The monoisotopic (exact) mass is 159 g/mol. The number of nitrogens with one attached hydrogen (secondary N) is 1. The number of ether oxygens (including phenoxy) is 1. The fourth-order valence-electron chi connectivity index (χ4n) is 0.468. The van der Waals surface area contributed by atoms with E-state index < -0.39 is 12.0 Å². The maximum absolute atomic E-state index is 10.7. The molecule has 5 heteroatoms. The number of aldehydes is 1. The largest absolute Gasteiger partial charge is 0.464 e. The van der Waals surface area contributed by atoms with Crippen molar-refractivity contribution in [2.75, 3.05) is 6.61 Å². The van der Waals surface area contributed by atoms with Gasteiger partial charge in [0.2, 0.25) is 6.41 Å². The van der Waals surface area contributed by atoms with Crippen molar-refractivity contribution in [2.45, 2.75) is 13.0 Å². The number of rotatable bonds is 5. The fourth-order valence-corrected chi connectivity index (χ4v) is 0.468. The molecule has 1 N–H and O–H groups in total. The van der Waals surface area contributed by atoms with Crippen molar-refractivity contribution in [3.05, 3.63) is 0 Å². The second kappa shape index (κ2) is 5.40. The van der Waals surface area contributed by atoms with Gasteiger partial charge in [-0.3, -0.25) is 4.79 Å². The summed E-state index contributed by atoms with van der Waals surface area (Å²) in [5.41, 5.74) is 0. The number of hydrogen-bond donors (Lipinski definition) is 1. The summed E-state index contributed by atoms with van der Waals surface area (Å²) in [6, 6.07) is -1.17. The zero-order chi connectivity index (χ0) is 8.69. The van der Waals surface area contributed by atoms with Gasteiger partial charge in [-0.15, -0.1) is 0 Å². The highest BCUT2D eigenvalue weighted by Crippen LogP contribution is 1.83. The summed E-state index contributed by atoms with van der Waals surface area (Å²) in [6.07, 6.45) is 0.586. The van der Waals surface area contributed by atoms with Crippen LogP contribution in [0.25, 0.3) is 0 Å². The van der Waals surface area contributed by atoms with Crippen molar-refractivity contribution in [1.82, 2.24) is 5.32 Å². The van der Waals surface area contributed by atoms with Crippen molar-refractivity contribution < 1.29 is 19.1 Å². The summed E-state index contributed by atoms with van der Waals surface area (Å²) < 4.78 is 4.46. The van der Waals surface area contributed by atoms with Gasteiger partial charge in [-0.1, -0.05) is 0 Å². The Balaban J connectivity index is 3.90. The quantitative estimate of drug-likeness (QED) is 0.313. The molecule has 5 nitrogen and oxygen atoms in total. The SMILES string of the molecule is CCOC(=O)C(C=O)NC=O. The average Bonchev–Trinajstić information content (AvgIpc) is 2.00. The molecule has 0 aliphatic rings. The minimum Gasteiger partial charge on any atom is -0.464 e. The molecule has 0 aromatic carbocycles. The van der Waals surface area contributed by atoms with E-state index in [1.54, 1.807) is 6.92 Å². The van der Waals surface area contributed by atoms with Gasteiger partial charge >= 0.3 is 5.97 Å². The zero-order valence-electron chi connectivity index (χ0n) is 6.07. The van der Waals surface area contributed by atoms with Gasteiger partial charge in [0.05, 0.1) is 6.61 Å². The Hall–Kier alpha value is -1.39. The Morgan fingerprint density at radius 3 is 2.64 bits per heavy atom. The molecule has 0 radical (unpaired) electrons. The number of hydrogen-bond acceptors (Lipinski definition) is 4. The molecule has 0 heterocycles. The van der Waals surface area contributed by atoms with Crippen molar-refractivity contribution in [2.24, 2.45) is 0 Å². The third kappa shape index (κ3) is 3.34. The Morgan fingerprint density at radius 2 is 2.27 bits per heavy atom. The summed E-state index contributed by atoms with van der Waals surface area (Å²) in [4.78, 5) is 30.6. The highest BCUT2D eigenvalue weighted by atomic mass is 16.5. The van der Waals surface area contributed by atoms with Crippen LogP contribution in [0.3, 0.4) is 0 Å². The van der Waals surface area contributed by atoms with Crippen LogP contribution in [0.4, 0.5) is 0 Å². The third-order valence-corrected chi connectivity index (χ3v) is 0.924. The summed E-state index contributed by atoms with van der Waals surface area (Å²) in [5, 5.41) is 1.99. The van der Waals surface area contributed by atoms with Gasteiger partial charge in [0, 0.05) is 0 Å². The molecule has 62 valence electrons. The minimum absolute atomic E-state index is 0.184. The second-order valence-electron chi connectivity index (χ2n) is 1.65. The molecular formula is C6H9NO4. The van der Waals surface area contributed by atoms with Crippen LogP contribution in [0, 0.1) is 0 Å². The molecule has 0 aromatic heterocycles. The van der Waals surface area contributed by atoms with Crippen molar-refractivity contribution >= 4 is 18.7 Å². The van der Waals surface area contributed by atoms with Crippen LogP contribution in [-0.4, -0.2) is 31.3 Å². The first-order chi connectivity index (χ1) is 5.26. The molecule has 11 heavy (non-hydrogen) atoms. The molecule has 0 bridgehead atoms. The maximum atomic E-state index is 10.7. The van der Waals surface area contributed by atoms with E-state index in [2.05, 4.69) is 4.74 Å². The van der Waals surface area contributed by atoms with Gasteiger partial charge in [0.25, 0.3) is 0 Å². The first kappa shape index (κ1) is 9.61. The molecule has 0 saturated carbocycles. The molecule has 1 atom stereocenters. The first-order valence-electron chi connectivity index (χ1n) is 3.07. The third-order valence-electron chi connectivity index (χ3n) is 0.924. The van der Waals surface area contributed by atoms with E-state index in [0.717, 1.165) is 0 Å². The molecular weight excluding hydrogens is 150 g/mol. The van der Waals surface area contributed by atoms with E-state index in [1.165, 1.54) is 0 Å². The number of esters is 1. The van der Waals surface area contributed by atoms with Crippen LogP contribution < -0.4 is 5.32 Å². The standard InChI is InChI=1S/C6H9NO4/c1-2-11-6(10)5(3-8)7-4-9/h3-5H,2H2,1H3,(H,7,9). The molecule has 0 rings (SSSR count). The van der Waals surface area contributed by atoms with E-state index in [-0.39, 0.29) is 13.0 Å². The number of carbonyl (C=O) groups excluding carboxylic acids is 3. The summed E-state index contributed by atoms with van der Waals surface area (Å²) in [5.74, 6) is -0.741. The lowest BCUT2D eigenvalue weighted by molar-refractivity contribution is -0.147. The predicted molar refractivity (Wildman–Crippen MR) is 35.7 cm³/mol. The highest BCUT2D eigenvalue weighted by molar-refractivity contribution is 5.93. The van der Waals surface area contributed by atoms with E-state index in [4.69, 9.17) is 0 Å². The summed E-state index contributed by atoms with van der Waals surface area (Å²) in [6.45, 7) is 1.80. The Labute approximate surface area is 63.7 Å². The Kier molecular flexibility index (Phi) is 4.72. The van der Waals surface area contributed by atoms with Gasteiger partial charge in [-0.25, -0.2) is 4.79 Å². The summed E-state index contributed by atoms with van der Waals surface area (Å²) >= 11 is 0. The lowest BCUT2D eigenvalue weighted by atomic mass is 10.3. The molecule has 0 aliphatic heterocycles. The molecule has 1 unspecified atom stereocenters. The fraction of sp³-hybridized carbons (Fsp3) is 0.500. The lowest BCUT2D eigenvalue weighted by Crippen LogP contribution is -2.38. The molecule has 0 saturated heterocycles. The van der Waals surface area contributed by atoms with E-state index >= 15 is 0 Å². The smallest absolute Gasteiger partial charge is 0.336 e. The Bertz CT molecular complexity index is 157. The average molecular weight is 159 g/mol. The van der Waals surface area contributed by atoms with E-state index in [1.807, 2.05) is 5.32 Å². The van der Waals surface area contributed by atoms with Gasteiger partial charge in [-0.05, 0) is 6.92 Å². The van der Waals surface area contributed by atoms with Crippen LogP contribution in [0.5, 0.6) is 0 Å². The topological polar surface area (TPSA) is 72.5 Å². The molecule has 0 fully saturated rings. The molecule has 0 spiro atoms. The number of carbonyl (C=O) groups is 3. The van der Waals surface area contributed by atoms with Crippen LogP contribution >= 0.6 is 0 Å². The first-order valence-corrected chi connectivity index (χ1v) is 3.07. The van der Waals surface area contributed by atoms with Crippen LogP contribution in [0.2, 0.25) is 0 Å². The van der Waals surface area contributed by atoms with Gasteiger partial charge in [0.1, 0.15) is 0 Å². The van der Waals surface area contributed by atoms with Crippen molar-refractivity contribution in [3.8, 4) is 0 Å². The molecule has 0 aromatic rings. The Morgan fingerprint density at radius 1 is 1.64 bits per heavy atom. The van der Waals surface area contributed by atoms with Gasteiger partial charge < -0.3 is 14.8 Å². The predicted octanol–water partition coefficient (Wildman–Crippen LogP) is -1.14. The highest BCUT2D eigenvalue weighted by Gasteiger charge is 2.16. The molecule has 1 amide bonds. The zero-order valence-corrected chi connectivity index (χ0v) is 6.07. The van der Waals surface area contributed by atoms with Gasteiger partial charge in [0.15, 0.2) is 12.3 Å². The lowest BCUT2D eigenvalue weighted by Gasteiger charge is -2.06. The minimum atomic E-state index is -1.17. The van der Waals surface area contributed by atoms with Crippen LogP contribution in [0.15, 0.2) is 0 Å². The van der Waals surface area contributed by atoms with Crippen molar-refractivity contribution in [3.63, 3.8) is 0 Å². The normalized spacial score (nSPS) is 11.4. The number of amides is 1. The van der Waals surface area contributed by atoms with Gasteiger partial charge in [-0.2, -0.15) is 0 Å². The summed E-state index contributed by atoms with van der Waals surface area (Å²) in [7, 11) is 0. The van der Waals surface area contributed by atoms with Crippen LogP contribution in [-0.2, 0) is 19.1 Å².